The Bertz CT molecular complexity index is 201. The Labute approximate surface area is 89.8 Å². The van der Waals surface area contributed by atoms with Crippen LogP contribution in [0.25, 0.3) is 0 Å². The van der Waals surface area contributed by atoms with Gasteiger partial charge in [0, 0.05) is 0 Å². The van der Waals surface area contributed by atoms with Crippen molar-refractivity contribution in [1.29, 1.82) is 0 Å². The first-order valence-corrected chi connectivity index (χ1v) is 4.75. The van der Waals surface area contributed by atoms with Crippen LogP contribution >= 0.6 is 0 Å². The van der Waals surface area contributed by atoms with E-state index >= 15 is 0 Å². The second-order valence-electron chi connectivity index (χ2n) is 2.38. The van der Waals surface area contributed by atoms with Crippen LogP contribution in [-0.2, 0) is 14.9 Å². The zero-order valence-corrected chi connectivity index (χ0v) is 9.30. The summed E-state index contributed by atoms with van der Waals surface area (Å²) in [5.74, 6) is -0.146. The van der Waals surface area contributed by atoms with Crippen molar-refractivity contribution >= 4 is 10.1 Å². The van der Waals surface area contributed by atoms with Crippen LogP contribution in [0.3, 0.4) is 0 Å². The molecule has 6 heteroatoms. The third-order valence-corrected chi connectivity index (χ3v) is 2.14. The number of hydrogen-bond donors (Lipinski definition) is 1. The Morgan fingerprint density at radius 1 is 1.64 bits per heavy atom. The van der Waals surface area contributed by atoms with E-state index in [1.807, 2.05) is 0 Å². The predicted molar refractivity (Wildman–Crippen MR) is 36.5 cm³/mol. The Balaban J connectivity index is 0. The zero-order valence-electron chi connectivity index (χ0n) is 7.49. The molecule has 4 nitrogen and oxygen atoms in total. The fraction of sp³-hybridized carbons (Fsp3) is 1.00. The van der Waals surface area contributed by atoms with Gasteiger partial charge in [0.15, 0.2) is 0 Å². The molecule has 1 atom stereocenters. The zero-order chi connectivity index (χ0) is 7.61. The minimum Gasteiger partial charge on any atom is -1.00 e. The van der Waals surface area contributed by atoms with Crippen LogP contribution in [0.4, 0.5) is 0 Å². The van der Waals surface area contributed by atoms with Crippen LogP contribution in [0.1, 0.15) is 14.3 Å². The van der Waals surface area contributed by atoms with Crippen LogP contribution in [-0.4, -0.2) is 31.4 Å². The summed E-state index contributed by atoms with van der Waals surface area (Å²) in [6, 6.07) is 0. The van der Waals surface area contributed by atoms with Gasteiger partial charge in [-0.05, 0) is 12.8 Å². The molecule has 1 aliphatic rings. The van der Waals surface area contributed by atoms with Gasteiger partial charge < -0.3 is 6.16 Å². The number of hydrogen-bond acceptors (Lipinski definition) is 3. The SMILES string of the molecule is O=S(=O)(O)CCCC1CO1.[H-].[Na+]. The van der Waals surface area contributed by atoms with Gasteiger partial charge in [-0.1, -0.05) is 0 Å². The average molecular weight is 190 g/mol. The summed E-state index contributed by atoms with van der Waals surface area (Å²) in [6.07, 6.45) is 1.48. The Kier molecular flexibility index (Phi) is 5.17. The van der Waals surface area contributed by atoms with E-state index in [4.69, 9.17) is 9.29 Å². The molecule has 0 spiro atoms. The molecule has 1 heterocycles. The molecule has 0 aromatic heterocycles. The molecule has 1 saturated heterocycles. The van der Waals surface area contributed by atoms with Gasteiger partial charge >= 0.3 is 29.6 Å². The van der Waals surface area contributed by atoms with Crippen LogP contribution in [0, 0.1) is 0 Å². The van der Waals surface area contributed by atoms with Crippen LogP contribution in [0.2, 0.25) is 0 Å². The summed E-state index contributed by atoms with van der Waals surface area (Å²) in [7, 11) is -3.75. The van der Waals surface area contributed by atoms with Crippen molar-refractivity contribution in [2.24, 2.45) is 0 Å². The topological polar surface area (TPSA) is 66.9 Å². The average Bonchev–Trinajstić information content (AvgIpc) is 2.45. The van der Waals surface area contributed by atoms with E-state index in [-0.39, 0.29) is 42.8 Å². The largest absolute Gasteiger partial charge is 1.00 e. The molecule has 0 aromatic rings. The minimum absolute atomic E-state index is 0. The molecule has 0 aromatic carbocycles. The predicted octanol–water partition coefficient (Wildman–Crippen LogP) is -2.83. The molecule has 1 N–H and O–H groups in total. The molecule has 1 unspecified atom stereocenters. The van der Waals surface area contributed by atoms with Crippen molar-refractivity contribution < 1.29 is 48.7 Å². The van der Waals surface area contributed by atoms with E-state index in [2.05, 4.69) is 0 Å². The maximum atomic E-state index is 10.1. The molecule has 0 amide bonds. The Morgan fingerprint density at radius 2 is 2.18 bits per heavy atom. The van der Waals surface area contributed by atoms with Gasteiger partial charge in [-0.3, -0.25) is 4.55 Å². The van der Waals surface area contributed by atoms with E-state index < -0.39 is 10.1 Å². The maximum absolute atomic E-state index is 10.1. The third-order valence-electron chi connectivity index (χ3n) is 1.33. The van der Waals surface area contributed by atoms with Crippen LogP contribution in [0.15, 0.2) is 0 Å². The molecule has 1 rings (SSSR count). The molecule has 0 radical (unpaired) electrons. The quantitative estimate of drug-likeness (QED) is 0.295. The van der Waals surface area contributed by atoms with Gasteiger partial charge in [0.05, 0.1) is 18.5 Å². The van der Waals surface area contributed by atoms with Crippen molar-refractivity contribution in [1.82, 2.24) is 0 Å². The van der Waals surface area contributed by atoms with E-state index in [0.29, 0.717) is 6.42 Å². The van der Waals surface area contributed by atoms with Gasteiger partial charge in [-0.15, -0.1) is 0 Å². The van der Waals surface area contributed by atoms with Crippen LogP contribution < -0.4 is 29.6 Å². The standard InChI is InChI=1S/C5H10O4S.Na.H/c6-10(7,8)3-1-2-5-4-9-5;;/h5H,1-4H2,(H,6,7,8);;/q;+1;-1. The smallest absolute Gasteiger partial charge is 1.00 e. The molecule has 0 saturated carbocycles. The summed E-state index contributed by atoms with van der Waals surface area (Å²) in [5.41, 5.74) is 0. The summed E-state index contributed by atoms with van der Waals surface area (Å²) < 4.78 is 33.4. The van der Waals surface area contributed by atoms with E-state index in [0.717, 1.165) is 13.0 Å². The molecule has 1 fully saturated rings. The molecule has 11 heavy (non-hydrogen) atoms. The summed E-state index contributed by atoms with van der Waals surface area (Å²) >= 11 is 0. The molecular formula is C5H11NaO4S. The number of rotatable bonds is 4. The fourth-order valence-corrected chi connectivity index (χ4v) is 1.26. The van der Waals surface area contributed by atoms with Gasteiger partial charge in [0.2, 0.25) is 0 Å². The number of ether oxygens (including phenoxy) is 1. The van der Waals surface area contributed by atoms with Crippen molar-refractivity contribution in [3.63, 3.8) is 0 Å². The van der Waals surface area contributed by atoms with Crippen LogP contribution in [0.5, 0.6) is 0 Å². The molecular weight excluding hydrogens is 179 g/mol. The second kappa shape index (κ2) is 4.79. The summed E-state index contributed by atoms with van der Waals surface area (Å²) in [4.78, 5) is 0. The maximum Gasteiger partial charge on any atom is 1.00 e. The molecule has 0 aliphatic carbocycles. The monoisotopic (exact) mass is 190 g/mol. The molecule has 1 aliphatic heterocycles. The minimum atomic E-state index is -3.75. The van der Waals surface area contributed by atoms with Gasteiger partial charge in [0.25, 0.3) is 10.1 Å². The third kappa shape index (κ3) is 7.24. The van der Waals surface area contributed by atoms with E-state index in [1.165, 1.54) is 0 Å². The van der Waals surface area contributed by atoms with Crippen molar-refractivity contribution in [2.75, 3.05) is 12.4 Å². The molecule has 62 valence electrons. The molecule has 0 bridgehead atoms. The normalized spacial score (nSPS) is 22.5. The van der Waals surface area contributed by atoms with Gasteiger partial charge in [0.1, 0.15) is 0 Å². The van der Waals surface area contributed by atoms with E-state index in [1.54, 1.807) is 0 Å². The number of epoxide rings is 1. The second-order valence-corrected chi connectivity index (χ2v) is 3.96. The van der Waals surface area contributed by atoms with Gasteiger partial charge in [-0.25, -0.2) is 0 Å². The Hall–Kier alpha value is 0.870. The first kappa shape index (κ1) is 11.9. The van der Waals surface area contributed by atoms with Gasteiger partial charge in [-0.2, -0.15) is 8.42 Å². The fourth-order valence-electron chi connectivity index (χ4n) is 0.728. The van der Waals surface area contributed by atoms with Crippen molar-refractivity contribution in [3.8, 4) is 0 Å². The van der Waals surface area contributed by atoms with Crippen molar-refractivity contribution in [3.05, 3.63) is 0 Å². The summed E-state index contributed by atoms with van der Waals surface area (Å²) in [6.45, 7) is 0.742. The Morgan fingerprint density at radius 3 is 2.55 bits per heavy atom. The van der Waals surface area contributed by atoms with Crippen molar-refractivity contribution in [2.45, 2.75) is 18.9 Å². The van der Waals surface area contributed by atoms with E-state index in [9.17, 15) is 8.42 Å². The first-order valence-electron chi connectivity index (χ1n) is 3.15. The summed E-state index contributed by atoms with van der Waals surface area (Å²) in [5, 5.41) is 0. The first-order chi connectivity index (χ1) is 4.58.